The topological polar surface area (TPSA) is 96.0 Å². The molecule has 2 aromatic heterocycles. The van der Waals surface area contributed by atoms with Crippen molar-refractivity contribution in [3.63, 3.8) is 0 Å². The number of aromatic amines is 2. The lowest BCUT2D eigenvalue weighted by molar-refractivity contribution is 0.167. The smallest absolute Gasteiger partial charge is 0.136 e. The number of fused-ring (bicyclic) bond motifs is 2. The Kier molecular flexibility index (Phi) is 3.77. The summed E-state index contributed by atoms with van der Waals surface area (Å²) >= 11 is 0. The van der Waals surface area contributed by atoms with Crippen LogP contribution in [0.2, 0.25) is 0 Å². The minimum Gasteiger partial charge on any atom is -0.497 e. The van der Waals surface area contributed by atoms with E-state index in [2.05, 4.69) is 19.9 Å². The van der Waals surface area contributed by atoms with Crippen molar-refractivity contribution in [3.8, 4) is 11.5 Å². The predicted octanol–water partition coefficient (Wildman–Crippen LogP) is 2.73. The lowest BCUT2D eigenvalue weighted by atomic mass is 10.2. The molecule has 2 heterocycles. The quantitative estimate of drug-likeness (QED) is 0.520. The van der Waals surface area contributed by atoms with E-state index in [-0.39, 0.29) is 0 Å². The minimum atomic E-state index is -0.791. The Morgan fingerprint density at radius 3 is 2.16 bits per heavy atom. The Balaban J connectivity index is 1.59. The summed E-state index contributed by atoms with van der Waals surface area (Å²) in [6.07, 6.45) is -0.464. The van der Waals surface area contributed by atoms with Gasteiger partial charge in [-0.05, 0) is 24.3 Å². The van der Waals surface area contributed by atoms with Crippen LogP contribution in [0, 0.1) is 0 Å². The van der Waals surface area contributed by atoms with Gasteiger partial charge in [-0.1, -0.05) is 0 Å². The number of benzene rings is 2. The molecule has 2 aromatic carbocycles. The largest absolute Gasteiger partial charge is 0.497 e. The fourth-order valence-corrected chi connectivity index (χ4v) is 2.84. The van der Waals surface area contributed by atoms with Gasteiger partial charge in [-0.2, -0.15) is 0 Å². The third kappa shape index (κ3) is 2.89. The van der Waals surface area contributed by atoms with Crippen molar-refractivity contribution in [2.75, 3.05) is 14.2 Å². The van der Waals surface area contributed by atoms with Gasteiger partial charge in [0.2, 0.25) is 0 Å². The van der Waals surface area contributed by atoms with Crippen molar-refractivity contribution in [1.29, 1.82) is 0 Å². The van der Waals surface area contributed by atoms with Crippen molar-refractivity contribution < 1.29 is 14.6 Å². The molecule has 0 saturated carbocycles. The number of aromatic nitrogens is 4. The zero-order valence-electron chi connectivity index (χ0n) is 13.9. The fourth-order valence-electron chi connectivity index (χ4n) is 2.84. The van der Waals surface area contributed by atoms with Gasteiger partial charge in [0.15, 0.2) is 0 Å². The fraction of sp³-hybridized carbons (Fsp3) is 0.222. The molecule has 4 aromatic rings. The van der Waals surface area contributed by atoms with Crippen LogP contribution >= 0.6 is 0 Å². The van der Waals surface area contributed by atoms with Crippen LogP contribution in [0.3, 0.4) is 0 Å². The number of ether oxygens (including phenoxy) is 2. The molecule has 7 heteroatoms. The molecule has 1 unspecified atom stereocenters. The van der Waals surface area contributed by atoms with E-state index in [0.717, 1.165) is 33.6 Å². The molecule has 0 bridgehead atoms. The molecule has 7 nitrogen and oxygen atoms in total. The summed E-state index contributed by atoms with van der Waals surface area (Å²) in [6, 6.07) is 11.2. The van der Waals surface area contributed by atoms with Gasteiger partial charge in [0.25, 0.3) is 0 Å². The van der Waals surface area contributed by atoms with Crippen LogP contribution in [0.25, 0.3) is 22.1 Å². The third-order valence-corrected chi connectivity index (χ3v) is 4.15. The van der Waals surface area contributed by atoms with Crippen molar-refractivity contribution in [2.24, 2.45) is 0 Å². The first kappa shape index (κ1) is 15.5. The Morgan fingerprint density at radius 1 is 0.920 bits per heavy atom. The summed E-state index contributed by atoms with van der Waals surface area (Å²) in [5.74, 6) is 2.69. The number of hydrogen-bond donors (Lipinski definition) is 3. The monoisotopic (exact) mass is 338 g/mol. The molecule has 25 heavy (non-hydrogen) atoms. The van der Waals surface area contributed by atoms with E-state index in [1.54, 1.807) is 14.2 Å². The molecule has 4 rings (SSSR count). The Hall–Kier alpha value is -3.06. The number of hydrogen-bond acceptors (Lipinski definition) is 5. The van der Waals surface area contributed by atoms with E-state index in [4.69, 9.17) is 9.47 Å². The number of methoxy groups -OCH3 is 2. The SMILES string of the molecule is COc1ccc2nc(CC(O)c3nc4ccc(OC)cc4[nH]3)[nH]c2c1. The van der Waals surface area contributed by atoms with E-state index in [1.165, 1.54) is 0 Å². The summed E-state index contributed by atoms with van der Waals surface area (Å²) in [5.41, 5.74) is 3.31. The number of aliphatic hydroxyl groups excluding tert-OH is 1. The van der Waals surface area contributed by atoms with Gasteiger partial charge < -0.3 is 24.5 Å². The highest BCUT2D eigenvalue weighted by atomic mass is 16.5. The molecule has 0 saturated heterocycles. The molecule has 0 spiro atoms. The van der Waals surface area contributed by atoms with Crippen molar-refractivity contribution in [1.82, 2.24) is 19.9 Å². The summed E-state index contributed by atoms with van der Waals surface area (Å²) in [5, 5.41) is 10.5. The van der Waals surface area contributed by atoms with Gasteiger partial charge in [-0.3, -0.25) is 0 Å². The first-order valence-electron chi connectivity index (χ1n) is 7.90. The Labute approximate surface area is 143 Å². The van der Waals surface area contributed by atoms with E-state index in [0.29, 0.717) is 18.1 Å². The van der Waals surface area contributed by atoms with Crippen LogP contribution in [-0.4, -0.2) is 39.3 Å². The van der Waals surface area contributed by atoms with Gasteiger partial charge in [0, 0.05) is 18.6 Å². The molecule has 0 radical (unpaired) electrons. The molecule has 0 aliphatic carbocycles. The maximum Gasteiger partial charge on any atom is 0.136 e. The lowest BCUT2D eigenvalue weighted by Gasteiger charge is -2.04. The van der Waals surface area contributed by atoms with E-state index in [9.17, 15) is 5.11 Å². The average Bonchev–Trinajstić information content (AvgIpc) is 3.23. The molecule has 3 N–H and O–H groups in total. The van der Waals surface area contributed by atoms with E-state index in [1.807, 2.05) is 36.4 Å². The predicted molar refractivity (Wildman–Crippen MR) is 94.0 cm³/mol. The summed E-state index contributed by atoms with van der Waals surface area (Å²) < 4.78 is 10.4. The number of aliphatic hydroxyl groups is 1. The number of imidazole rings is 2. The van der Waals surface area contributed by atoms with Gasteiger partial charge in [0.1, 0.15) is 29.3 Å². The first-order chi connectivity index (χ1) is 12.2. The second-order valence-corrected chi connectivity index (χ2v) is 5.79. The molecule has 1 atom stereocenters. The number of rotatable bonds is 5. The second kappa shape index (κ2) is 6.10. The first-order valence-corrected chi connectivity index (χ1v) is 7.90. The third-order valence-electron chi connectivity index (χ3n) is 4.15. The lowest BCUT2D eigenvalue weighted by Crippen LogP contribution is -2.05. The number of nitrogens with one attached hydrogen (secondary N) is 2. The number of H-pyrrole nitrogens is 2. The summed E-state index contributed by atoms with van der Waals surface area (Å²) in [6.45, 7) is 0. The van der Waals surface area contributed by atoms with Crippen molar-refractivity contribution >= 4 is 22.1 Å². The van der Waals surface area contributed by atoms with Crippen LogP contribution < -0.4 is 9.47 Å². The standard InChI is InChI=1S/C18H18N4O3/c1-24-10-3-5-12-14(7-10)20-17(19-12)9-16(23)18-21-13-6-4-11(25-2)8-15(13)22-18/h3-8,16,23H,9H2,1-2H3,(H,19,20)(H,21,22). The van der Waals surface area contributed by atoms with Crippen LogP contribution in [0.15, 0.2) is 36.4 Å². The van der Waals surface area contributed by atoms with Crippen LogP contribution in [0.5, 0.6) is 11.5 Å². The molecule has 0 aliphatic heterocycles. The van der Waals surface area contributed by atoms with Crippen LogP contribution in [0.4, 0.5) is 0 Å². The van der Waals surface area contributed by atoms with Crippen LogP contribution in [-0.2, 0) is 6.42 Å². The Morgan fingerprint density at radius 2 is 1.52 bits per heavy atom. The highest BCUT2D eigenvalue weighted by Gasteiger charge is 2.16. The highest BCUT2D eigenvalue weighted by molar-refractivity contribution is 5.77. The summed E-state index contributed by atoms with van der Waals surface area (Å²) in [7, 11) is 3.24. The van der Waals surface area contributed by atoms with Crippen molar-refractivity contribution in [2.45, 2.75) is 12.5 Å². The average molecular weight is 338 g/mol. The zero-order valence-corrected chi connectivity index (χ0v) is 13.9. The van der Waals surface area contributed by atoms with Gasteiger partial charge in [0.05, 0.1) is 36.3 Å². The maximum absolute atomic E-state index is 10.5. The van der Waals surface area contributed by atoms with Gasteiger partial charge >= 0.3 is 0 Å². The van der Waals surface area contributed by atoms with E-state index < -0.39 is 6.10 Å². The van der Waals surface area contributed by atoms with Crippen LogP contribution in [0.1, 0.15) is 17.8 Å². The maximum atomic E-state index is 10.5. The van der Waals surface area contributed by atoms with Crippen molar-refractivity contribution in [3.05, 3.63) is 48.0 Å². The Bertz CT molecular complexity index is 1040. The number of nitrogens with zero attached hydrogens (tertiary/aromatic N) is 2. The minimum absolute atomic E-state index is 0.327. The molecule has 0 aliphatic rings. The highest BCUT2D eigenvalue weighted by Crippen LogP contribution is 2.24. The van der Waals surface area contributed by atoms with E-state index >= 15 is 0 Å². The normalized spacial score (nSPS) is 12.6. The van der Waals surface area contributed by atoms with Gasteiger partial charge in [-0.15, -0.1) is 0 Å². The molecule has 0 amide bonds. The molecular weight excluding hydrogens is 320 g/mol. The molecular formula is C18H18N4O3. The zero-order chi connectivity index (χ0) is 17.4. The summed E-state index contributed by atoms with van der Waals surface area (Å²) in [4.78, 5) is 15.3. The molecule has 128 valence electrons. The second-order valence-electron chi connectivity index (χ2n) is 5.79. The molecule has 0 fully saturated rings. The van der Waals surface area contributed by atoms with Gasteiger partial charge in [-0.25, -0.2) is 9.97 Å².